The van der Waals surface area contributed by atoms with E-state index >= 15 is 0 Å². The first kappa shape index (κ1) is 12.9. The van der Waals surface area contributed by atoms with Crippen LogP contribution in [0.4, 0.5) is 0 Å². The fraction of sp³-hybridized carbons (Fsp3) is 0.571. The summed E-state index contributed by atoms with van der Waals surface area (Å²) in [5, 5.41) is -1.89. The Hall–Kier alpha value is -0.120. The van der Waals surface area contributed by atoms with Crippen LogP contribution in [0.15, 0.2) is 0 Å². The Bertz CT molecular complexity index is 227. The van der Waals surface area contributed by atoms with Gasteiger partial charge in [0.05, 0.1) is 0 Å². The molecule has 0 bridgehead atoms. The second kappa shape index (κ2) is 6.35. The number of carbonyl (C=O) groups excluding carboxylic acids is 3. The summed E-state index contributed by atoms with van der Waals surface area (Å²) in [5.41, 5.74) is 0. The van der Waals surface area contributed by atoms with Crippen molar-refractivity contribution in [3.63, 3.8) is 0 Å². The van der Waals surface area contributed by atoms with Crippen LogP contribution in [0.25, 0.3) is 0 Å². The molecule has 0 aromatic rings. The van der Waals surface area contributed by atoms with E-state index in [2.05, 4.69) is 0 Å². The summed E-state index contributed by atoms with van der Waals surface area (Å²) in [6.07, 6.45) is 0.00599. The highest BCUT2D eigenvalue weighted by atomic mass is 35.5. The fourth-order valence-corrected chi connectivity index (χ4v) is 1.26. The monoisotopic (exact) mass is 244 g/mol. The molecule has 0 N–H and O–H groups in total. The molecule has 0 fully saturated rings. The Kier molecular flexibility index (Phi) is 6.29. The van der Waals surface area contributed by atoms with Crippen LogP contribution in [0.1, 0.15) is 19.3 Å². The minimum absolute atomic E-state index is 0.00878. The molecule has 0 aromatic heterocycles. The van der Waals surface area contributed by atoms with Crippen molar-refractivity contribution in [1.82, 2.24) is 0 Å². The highest BCUT2D eigenvalue weighted by Crippen LogP contribution is 2.17. The Morgan fingerprint density at radius 2 is 1.54 bits per heavy atom. The highest BCUT2D eigenvalue weighted by Gasteiger charge is 2.19. The lowest BCUT2D eigenvalue weighted by Crippen LogP contribution is -2.12. The molecule has 0 saturated carbocycles. The molecule has 6 heteroatoms. The molecule has 0 aliphatic carbocycles. The Balaban J connectivity index is 4.02. The van der Waals surface area contributed by atoms with E-state index in [0.717, 1.165) is 0 Å². The predicted octanol–water partition coefficient (Wildman–Crippen LogP) is 2.07. The summed E-state index contributed by atoms with van der Waals surface area (Å²) < 4.78 is 0. The summed E-state index contributed by atoms with van der Waals surface area (Å²) in [4.78, 5) is 31.5. The highest BCUT2D eigenvalue weighted by molar-refractivity contribution is 6.66. The van der Waals surface area contributed by atoms with Crippen LogP contribution in [0.5, 0.6) is 0 Å². The van der Waals surface area contributed by atoms with Crippen molar-refractivity contribution in [1.29, 1.82) is 0 Å². The summed E-state index contributed by atoms with van der Waals surface area (Å²) in [5.74, 6) is -0.714. The molecule has 0 aliphatic rings. The molecule has 0 rings (SSSR count). The van der Waals surface area contributed by atoms with Crippen LogP contribution in [-0.2, 0) is 14.4 Å². The number of halogens is 3. The van der Waals surface area contributed by atoms with Gasteiger partial charge in [-0.1, -0.05) is 0 Å². The maximum atomic E-state index is 10.7. The molecular weight excluding hydrogens is 238 g/mol. The van der Waals surface area contributed by atoms with Crippen molar-refractivity contribution in [2.24, 2.45) is 5.92 Å². The summed E-state index contributed by atoms with van der Waals surface area (Å²) in [6.45, 7) is 0. The lowest BCUT2D eigenvalue weighted by molar-refractivity contribution is -0.120. The predicted molar refractivity (Wildman–Crippen MR) is 49.9 cm³/mol. The summed E-state index contributed by atoms with van der Waals surface area (Å²) >= 11 is 15.3. The zero-order valence-corrected chi connectivity index (χ0v) is 8.83. The van der Waals surface area contributed by atoms with E-state index in [9.17, 15) is 14.4 Å². The zero-order chi connectivity index (χ0) is 10.4. The van der Waals surface area contributed by atoms with Gasteiger partial charge in [0.1, 0.15) is 0 Å². The van der Waals surface area contributed by atoms with Crippen LogP contribution >= 0.6 is 34.8 Å². The molecule has 0 heterocycles. The number of carbonyl (C=O) groups is 3. The Morgan fingerprint density at radius 1 is 1.00 bits per heavy atom. The second-order valence-electron chi connectivity index (χ2n) is 2.45. The third-order valence-corrected chi connectivity index (χ3v) is 2.07. The average molecular weight is 245 g/mol. The Labute approximate surface area is 90.3 Å². The third kappa shape index (κ3) is 6.99. The molecule has 0 spiro atoms. The number of hydrogen-bond acceptors (Lipinski definition) is 3. The van der Waals surface area contributed by atoms with Crippen LogP contribution in [0, 0.1) is 5.92 Å². The van der Waals surface area contributed by atoms with Crippen LogP contribution in [0.3, 0.4) is 0 Å². The molecule has 0 aliphatic heterocycles. The lowest BCUT2D eigenvalue weighted by atomic mass is 10.0. The topological polar surface area (TPSA) is 51.2 Å². The molecule has 0 radical (unpaired) electrons. The first-order valence-corrected chi connectivity index (χ1v) is 4.63. The van der Waals surface area contributed by atoms with Gasteiger partial charge in [0, 0.05) is 18.8 Å². The van der Waals surface area contributed by atoms with Gasteiger partial charge >= 0.3 is 0 Å². The molecule has 1 unspecified atom stereocenters. The van der Waals surface area contributed by atoms with Crippen LogP contribution < -0.4 is 0 Å². The van der Waals surface area contributed by atoms with E-state index in [-0.39, 0.29) is 19.3 Å². The maximum absolute atomic E-state index is 10.7. The normalized spacial score (nSPS) is 12.2. The van der Waals surface area contributed by atoms with E-state index in [1.165, 1.54) is 0 Å². The quantitative estimate of drug-likeness (QED) is 0.673. The van der Waals surface area contributed by atoms with Crippen molar-refractivity contribution < 1.29 is 14.4 Å². The van der Waals surface area contributed by atoms with Gasteiger partial charge in [-0.15, -0.1) is 0 Å². The zero-order valence-electron chi connectivity index (χ0n) is 6.56. The van der Waals surface area contributed by atoms with Gasteiger partial charge in [-0.3, -0.25) is 14.4 Å². The van der Waals surface area contributed by atoms with E-state index in [0.29, 0.717) is 0 Å². The SMILES string of the molecule is O=C(Cl)CCC(CC(=O)Cl)C(=O)Cl. The van der Waals surface area contributed by atoms with Gasteiger partial charge in [-0.25, -0.2) is 0 Å². The van der Waals surface area contributed by atoms with Gasteiger partial charge in [-0.05, 0) is 41.2 Å². The van der Waals surface area contributed by atoms with Gasteiger partial charge < -0.3 is 0 Å². The molecular formula is C7H7Cl3O3. The summed E-state index contributed by atoms with van der Waals surface area (Å²) in [6, 6.07) is 0. The lowest BCUT2D eigenvalue weighted by Gasteiger charge is -2.06. The van der Waals surface area contributed by atoms with E-state index in [1.807, 2.05) is 0 Å². The van der Waals surface area contributed by atoms with Crippen LogP contribution in [-0.4, -0.2) is 15.7 Å². The van der Waals surface area contributed by atoms with Crippen molar-refractivity contribution in [2.75, 3.05) is 0 Å². The molecule has 1 atom stereocenters. The van der Waals surface area contributed by atoms with Gasteiger partial charge in [0.25, 0.3) is 0 Å². The van der Waals surface area contributed by atoms with E-state index < -0.39 is 21.6 Å². The number of rotatable bonds is 6. The minimum atomic E-state index is -0.714. The molecule has 3 nitrogen and oxygen atoms in total. The van der Waals surface area contributed by atoms with E-state index in [1.54, 1.807) is 0 Å². The van der Waals surface area contributed by atoms with Gasteiger partial charge in [0.2, 0.25) is 15.7 Å². The largest absolute Gasteiger partial charge is 0.281 e. The second-order valence-corrected chi connectivity index (χ2v) is 3.67. The standard InChI is InChI=1S/C7H7Cl3O3/c8-5(11)2-1-4(7(10)13)3-6(9)12/h4H,1-3H2. The van der Waals surface area contributed by atoms with Gasteiger partial charge in [0.15, 0.2) is 0 Å². The smallest absolute Gasteiger partial charge is 0.225 e. The molecule has 0 saturated heterocycles. The van der Waals surface area contributed by atoms with Crippen molar-refractivity contribution >= 4 is 50.5 Å². The van der Waals surface area contributed by atoms with Crippen LogP contribution in [0.2, 0.25) is 0 Å². The molecule has 0 aromatic carbocycles. The Morgan fingerprint density at radius 3 is 1.85 bits per heavy atom. The maximum Gasteiger partial charge on any atom is 0.225 e. The van der Waals surface area contributed by atoms with Crippen molar-refractivity contribution in [3.8, 4) is 0 Å². The van der Waals surface area contributed by atoms with Gasteiger partial charge in [-0.2, -0.15) is 0 Å². The van der Waals surface area contributed by atoms with E-state index in [4.69, 9.17) is 34.8 Å². The first-order valence-electron chi connectivity index (χ1n) is 3.49. The van der Waals surface area contributed by atoms with Crippen molar-refractivity contribution in [3.05, 3.63) is 0 Å². The minimum Gasteiger partial charge on any atom is -0.281 e. The third-order valence-electron chi connectivity index (χ3n) is 1.42. The molecule has 74 valence electrons. The average Bonchev–Trinajstić information content (AvgIpc) is 1.96. The molecule has 0 amide bonds. The van der Waals surface area contributed by atoms with Crippen molar-refractivity contribution in [2.45, 2.75) is 19.3 Å². The number of hydrogen-bond donors (Lipinski definition) is 0. The fourth-order valence-electron chi connectivity index (χ4n) is 0.777. The summed E-state index contributed by atoms with van der Waals surface area (Å²) in [7, 11) is 0. The molecule has 13 heavy (non-hydrogen) atoms. The first-order chi connectivity index (χ1) is 5.93.